The lowest BCUT2D eigenvalue weighted by Gasteiger charge is -2.15. The van der Waals surface area contributed by atoms with Gasteiger partial charge in [0.15, 0.2) is 11.5 Å². The minimum atomic E-state index is -1.07. The molecule has 116 valence electrons. The van der Waals surface area contributed by atoms with E-state index in [-0.39, 0.29) is 12.2 Å². The fourth-order valence-electron chi connectivity index (χ4n) is 1.93. The number of benzene rings is 2. The maximum absolute atomic E-state index is 11.1. The standard InChI is InChI=1S/C16H15ClO5/c1-20-13-7-11(16(18)19)8-14(21-2)15(13)22-9-10-4-3-5-12(17)6-10/h3-8H,9H2,1-2H3,(H,18,19). The Morgan fingerprint density at radius 3 is 2.27 bits per heavy atom. The van der Waals surface area contributed by atoms with Gasteiger partial charge in [0.1, 0.15) is 6.61 Å². The van der Waals surface area contributed by atoms with Gasteiger partial charge in [-0.25, -0.2) is 4.79 Å². The van der Waals surface area contributed by atoms with Crippen molar-refractivity contribution in [2.45, 2.75) is 6.61 Å². The summed E-state index contributed by atoms with van der Waals surface area (Å²) in [5, 5.41) is 9.70. The van der Waals surface area contributed by atoms with E-state index < -0.39 is 5.97 Å². The van der Waals surface area contributed by atoms with Gasteiger partial charge in [-0.05, 0) is 29.8 Å². The molecule has 0 fully saturated rings. The maximum atomic E-state index is 11.1. The van der Waals surface area contributed by atoms with Crippen LogP contribution in [0.5, 0.6) is 17.2 Å². The van der Waals surface area contributed by atoms with E-state index in [1.165, 1.54) is 26.4 Å². The van der Waals surface area contributed by atoms with E-state index in [2.05, 4.69) is 0 Å². The van der Waals surface area contributed by atoms with Crippen LogP contribution in [0.3, 0.4) is 0 Å². The first kappa shape index (κ1) is 16.0. The lowest BCUT2D eigenvalue weighted by atomic mass is 10.2. The van der Waals surface area contributed by atoms with Crippen LogP contribution in [0, 0.1) is 0 Å². The van der Waals surface area contributed by atoms with Gasteiger partial charge in [0.25, 0.3) is 0 Å². The zero-order valence-electron chi connectivity index (χ0n) is 12.1. The molecule has 1 N–H and O–H groups in total. The number of aromatic carboxylic acids is 1. The summed E-state index contributed by atoms with van der Waals surface area (Å²) in [6, 6.07) is 10.0. The number of hydrogen-bond donors (Lipinski definition) is 1. The first-order chi connectivity index (χ1) is 10.5. The maximum Gasteiger partial charge on any atom is 0.335 e. The highest BCUT2D eigenvalue weighted by molar-refractivity contribution is 6.30. The van der Waals surface area contributed by atoms with Gasteiger partial charge >= 0.3 is 5.97 Å². The van der Waals surface area contributed by atoms with Gasteiger partial charge in [0.2, 0.25) is 5.75 Å². The quantitative estimate of drug-likeness (QED) is 0.879. The minimum absolute atomic E-state index is 0.0591. The Hall–Kier alpha value is -2.40. The molecule has 0 spiro atoms. The molecule has 0 heterocycles. The molecule has 2 aromatic carbocycles. The molecule has 0 aromatic heterocycles. The van der Waals surface area contributed by atoms with Crippen molar-refractivity contribution in [3.63, 3.8) is 0 Å². The van der Waals surface area contributed by atoms with Crippen LogP contribution in [0.4, 0.5) is 0 Å². The Bertz CT molecular complexity index is 659. The summed E-state index contributed by atoms with van der Waals surface area (Å²) in [5.74, 6) is -0.148. The summed E-state index contributed by atoms with van der Waals surface area (Å²) >= 11 is 5.93. The SMILES string of the molecule is COc1cc(C(=O)O)cc(OC)c1OCc1cccc(Cl)c1. The van der Waals surface area contributed by atoms with Gasteiger partial charge in [0.05, 0.1) is 19.8 Å². The fraction of sp³-hybridized carbons (Fsp3) is 0.188. The van der Waals surface area contributed by atoms with Crippen molar-refractivity contribution in [2.75, 3.05) is 14.2 Å². The zero-order chi connectivity index (χ0) is 16.1. The van der Waals surface area contributed by atoms with E-state index in [1.54, 1.807) is 12.1 Å². The smallest absolute Gasteiger partial charge is 0.335 e. The molecule has 0 amide bonds. The third kappa shape index (κ3) is 3.62. The second-order valence-electron chi connectivity index (χ2n) is 4.43. The predicted molar refractivity (Wildman–Crippen MR) is 82.3 cm³/mol. The first-order valence-electron chi connectivity index (χ1n) is 6.41. The van der Waals surface area contributed by atoms with Crippen LogP contribution in [-0.2, 0) is 6.61 Å². The molecular formula is C16H15ClO5. The molecular weight excluding hydrogens is 308 g/mol. The number of carbonyl (C=O) groups is 1. The van der Waals surface area contributed by atoms with Gasteiger partial charge in [0, 0.05) is 5.02 Å². The van der Waals surface area contributed by atoms with Crippen molar-refractivity contribution >= 4 is 17.6 Å². The third-order valence-electron chi connectivity index (χ3n) is 2.98. The minimum Gasteiger partial charge on any atom is -0.493 e. The van der Waals surface area contributed by atoms with Crippen molar-refractivity contribution in [1.82, 2.24) is 0 Å². The third-order valence-corrected chi connectivity index (χ3v) is 3.21. The van der Waals surface area contributed by atoms with Crippen molar-refractivity contribution < 1.29 is 24.1 Å². The van der Waals surface area contributed by atoms with Crippen LogP contribution < -0.4 is 14.2 Å². The highest BCUT2D eigenvalue weighted by Gasteiger charge is 2.17. The monoisotopic (exact) mass is 322 g/mol. The zero-order valence-corrected chi connectivity index (χ0v) is 12.9. The fourth-order valence-corrected chi connectivity index (χ4v) is 2.14. The number of ether oxygens (including phenoxy) is 3. The predicted octanol–water partition coefficient (Wildman–Crippen LogP) is 3.63. The molecule has 0 aliphatic heterocycles. The van der Waals surface area contributed by atoms with Crippen molar-refractivity contribution in [3.8, 4) is 17.2 Å². The normalized spacial score (nSPS) is 10.1. The van der Waals surface area contributed by atoms with Crippen LogP contribution in [0.1, 0.15) is 15.9 Å². The van der Waals surface area contributed by atoms with Crippen LogP contribution in [0.25, 0.3) is 0 Å². The lowest BCUT2D eigenvalue weighted by Crippen LogP contribution is -2.03. The Morgan fingerprint density at radius 2 is 1.77 bits per heavy atom. The first-order valence-corrected chi connectivity index (χ1v) is 6.79. The molecule has 2 rings (SSSR count). The van der Waals surface area contributed by atoms with Gasteiger partial charge < -0.3 is 19.3 Å². The van der Waals surface area contributed by atoms with Crippen LogP contribution in [0.2, 0.25) is 5.02 Å². The van der Waals surface area contributed by atoms with Crippen LogP contribution >= 0.6 is 11.6 Å². The largest absolute Gasteiger partial charge is 0.493 e. The van der Waals surface area contributed by atoms with Crippen molar-refractivity contribution in [2.24, 2.45) is 0 Å². The molecule has 0 bridgehead atoms. The Kier molecular flexibility index (Phi) is 5.12. The average Bonchev–Trinajstić information content (AvgIpc) is 2.51. The van der Waals surface area contributed by atoms with E-state index in [1.807, 2.05) is 12.1 Å². The van der Waals surface area contributed by atoms with Crippen molar-refractivity contribution in [1.29, 1.82) is 0 Å². The molecule has 0 saturated heterocycles. The second-order valence-corrected chi connectivity index (χ2v) is 4.87. The topological polar surface area (TPSA) is 65.0 Å². The molecule has 5 nitrogen and oxygen atoms in total. The van der Waals surface area contributed by atoms with Crippen LogP contribution in [-0.4, -0.2) is 25.3 Å². The van der Waals surface area contributed by atoms with E-state index >= 15 is 0 Å². The Balaban J connectivity index is 2.31. The van der Waals surface area contributed by atoms with Gasteiger partial charge in [-0.2, -0.15) is 0 Å². The van der Waals surface area contributed by atoms with E-state index in [0.29, 0.717) is 22.3 Å². The molecule has 6 heteroatoms. The molecule has 2 aromatic rings. The van der Waals surface area contributed by atoms with Crippen LogP contribution in [0.15, 0.2) is 36.4 Å². The molecule has 0 atom stereocenters. The summed E-state index contributed by atoms with van der Waals surface area (Å²) in [7, 11) is 2.87. The summed E-state index contributed by atoms with van der Waals surface area (Å²) in [4.78, 5) is 11.1. The highest BCUT2D eigenvalue weighted by Crippen LogP contribution is 2.39. The Labute approximate surface area is 133 Å². The van der Waals surface area contributed by atoms with Gasteiger partial charge in [-0.15, -0.1) is 0 Å². The number of hydrogen-bond acceptors (Lipinski definition) is 4. The lowest BCUT2D eigenvalue weighted by molar-refractivity contribution is 0.0696. The molecule has 0 unspecified atom stereocenters. The van der Waals surface area contributed by atoms with Gasteiger partial charge in [-0.3, -0.25) is 0 Å². The van der Waals surface area contributed by atoms with E-state index in [0.717, 1.165) is 5.56 Å². The summed E-state index contributed by atoms with van der Waals surface area (Å²) in [6.07, 6.45) is 0. The van der Waals surface area contributed by atoms with E-state index in [9.17, 15) is 4.79 Å². The second kappa shape index (κ2) is 7.04. The summed E-state index contributed by atoms with van der Waals surface area (Å²) in [6.45, 7) is 0.250. The van der Waals surface area contributed by atoms with Crippen molar-refractivity contribution in [3.05, 3.63) is 52.5 Å². The number of carboxylic acids is 1. The molecule has 0 saturated carbocycles. The highest BCUT2D eigenvalue weighted by atomic mass is 35.5. The molecule has 0 radical (unpaired) electrons. The molecule has 0 aliphatic rings. The number of halogens is 1. The Morgan fingerprint density at radius 1 is 1.14 bits per heavy atom. The molecule has 22 heavy (non-hydrogen) atoms. The number of methoxy groups -OCH3 is 2. The summed E-state index contributed by atoms with van der Waals surface area (Å²) in [5.41, 5.74) is 0.933. The van der Waals surface area contributed by atoms with Gasteiger partial charge in [-0.1, -0.05) is 23.7 Å². The average molecular weight is 323 g/mol. The number of carboxylic acid groups (broad SMARTS) is 1. The molecule has 0 aliphatic carbocycles. The summed E-state index contributed by atoms with van der Waals surface area (Å²) < 4.78 is 16.1. The number of rotatable bonds is 6. The van der Waals surface area contributed by atoms with E-state index in [4.69, 9.17) is 30.9 Å².